The maximum Gasteiger partial charge on any atom is 0.412 e. The Morgan fingerprint density at radius 3 is 2.79 bits per heavy atom. The molecule has 0 aliphatic heterocycles. The van der Waals surface area contributed by atoms with Gasteiger partial charge in [0, 0.05) is 29.9 Å². The third-order valence-corrected chi connectivity index (χ3v) is 5.53. The van der Waals surface area contributed by atoms with E-state index in [2.05, 4.69) is 30.4 Å². The smallest absolute Gasteiger partial charge is 0.412 e. The number of hydrogen-bond acceptors (Lipinski definition) is 5. The summed E-state index contributed by atoms with van der Waals surface area (Å²) in [5.74, 6) is 0.245. The van der Waals surface area contributed by atoms with Crippen molar-refractivity contribution in [1.82, 2.24) is 15.0 Å². The molecule has 0 atom stereocenters. The number of anilines is 1. The van der Waals surface area contributed by atoms with Gasteiger partial charge in [-0.25, -0.2) is 19.7 Å². The van der Waals surface area contributed by atoms with Gasteiger partial charge in [-0.3, -0.25) is 4.90 Å². The summed E-state index contributed by atoms with van der Waals surface area (Å²) >= 11 is 7.53. The molecule has 0 bridgehead atoms. The largest absolute Gasteiger partial charge is 0.465 e. The molecule has 144 valence electrons. The molecule has 0 saturated heterocycles. The number of benzene rings is 1. The zero-order valence-corrected chi connectivity index (χ0v) is 17.0. The zero-order chi connectivity index (χ0) is 20.3. The van der Waals surface area contributed by atoms with Crippen molar-refractivity contribution in [3.63, 3.8) is 0 Å². The molecule has 28 heavy (non-hydrogen) atoms. The first kappa shape index (κ1) is 20.0. The third-order valence-electron chi connectivity index (χ3n) is 3.97. The molecule has 1 aromatic carbocycles. The molecule has 2 heterocycles. The summed E-state index contributed by atoms with van der Waals surface area (Å²) in [6, 6.07) is 9.07. The number of carboxylic acid groups (broad SMARTS) is 1. The first-order valence-corrected chi connectivity index (χ1v) is 9.81. The maximum atomic E-state index is 11.6. The number of nitrogens with zero attached hydrogens (tertiary/aromatic N) is 4. The fourth-order valence-electron chi connectivity index (χ4n) is 2.66. The van der Waals surface area contributed by atoms with Gasteiger partial charge in [-0.15, -0.1) is 17.9 Å². The van der Waals surface area contributed by atoms with E-state index < -0.39 is 6.09 Å². The third kappa shape index (κ3) is 4.21. The lowest BCUT2D eigenvalue weighted by molar-refractivity contribution is 0.202. The molecule has 0 radical (unpaired) electrons. The fraction of sp³-hybridized carbons (Fsp3) is 0.200. The SMILES string of the molecule is C=CCN(C(=O)O)c1cccc(-c2nc(C(C)C)sc2-c2ccnc(Cl)n2)c1. The molecule has 0 aliphatic rings. The Kier molecular flexibility index (Phi) is 6.06. The summed E-state index contributed by atoms with van der Waals surface area (Å²) in [6.07, 6.45) is 2.12. The summed E-state index contributed by atoms with van der Waals surface area (Å²) in [7, 11) is 0. The zero-order valence-electron chi connectivity index (χ0n) is 15.5. The Bertz CT molecular complexity index is 1020. The van der Waals surface area contributed by atoms with Gasteiger partial charge in [0.1, 0.15) is 0 Å². The van der Waals surface area contributed by atoms with Gasteiger partial charge in [0.05, 0.1) is 21.3 Å². The summed E-state index contributed by atoms with van der Waals surface area (Å²) in [4.78, 5) is 26.8. The lowest BCUT2D eigenvalue weighted by Crippen LogP contribution is -2.29. The van der Waals surface area contributed by atoms with Crippen LogP contribution in [0.4, 0.5) is 10.5 Å². The predicted octanol–water partition coefficient (Wildman–Crippen LogP) is 5.71. The van der Waals surface area contributed by atoms with Crippen LogP contribution in [0.1, 0.15) is 24.8 Å². The molecule has 8 heteroatoms. The second-order valence-electron chi connectivity index (χ2n) is 6.33. The van der Waals surface area contributed by atoms with Gasteiger partial charge < -0.3 is 5.11 Å². The highest BCUT2D eigenvalue weighted by atomic mass is 35.5. The predicted molar refractivity (Wildman–Crippen MR) is 113 cm³/mol. The monoisotopic (exact) mass is 414 g/mol. The van der Waals surface area contributed by atoms with Crippen molar-refractivity contribution in [1.29, 1.82) is 0 Å². The van der Waals surface area contributed by atoms with Crippen molar-refractivity contribution in [3.8, 4) is 21.8 Å². The van der Waals surface area contributed by atoms with E-state index in [-0.39, 0.29) is 17.7 Å². The topological polar surface area (TPSA) is 79.2 Å². The van der Waals surface area contributed by atoms with Gasteiger partial charge in [0.25, 0.3) is 0 Å². The minimum Gasteiger partial charge on any atom is -0.465 e. The second-order valence-corrected chi connectivity index (χ2v) is 7.70. The van der Waals surface area contributed by atoms with E-state index in [0.29, 0.717) is 11.4 Å². The number of halogens is 1. The van der Waals surface area contributed by atoms with E-state index in [1.165, 1.54) is 4.90 Å². The summed E-state index contributed by atoms with van der Waals surface area (Å²) < 4.78 is 0. The van der Waals surface area contributed by atoms with Gasteiger partial charge in [0.2, 0.25) is 5.28 Å². The van der Waals surface area contributed by atoms with Crippen LogP contribution in [0.15, 0.2) is 49.2 Å². The van der Waals surface area contributed by atoms with E-state index in [4.69, 9.17) is 16.6 Å². The summed E-state index contributed by atoms with van der Waals surface area (Å²) in [5, 5.41) is 10.6. The number of aromatic nitrogens is 3. The highest BCUT2D eigenvalue weighted by Gasteiger charge is 2.20. The van der Waals surface area contributed by atoms with E-state index in [9.17, 15) is 9.90 Å². The average molecular weight is 415 g/mol. The van der Waals surface area contributed by atoms with Crippen LogP contribution >= 0.6 is 22.9 Å². The average Bonchev–Trinajstić information content (AvgIpc) is 3.12. The second kappa shape index (κ2) is 8.50. The van der Waals surface area contributed by atoms with Crippen LogP contribution in [0.5, 0.6) is 0 Å². The molecule has 1 N–H and O–H groups in total. The first-order chi connectivity index (χ1) is 13.4. The van der Waals surface area contributed by atoms with Crippen LogP contribution in [-0.2, 0) is 0 Å². The van der Waals surface area contributed by atoms with Crippen molar-refractivity contribution in [3.05, 3.63) is 59.5 Å². The molecule has 6 nitrogen and oxygen atoms in total. The molecule has 0 unspecified atom stereocenters. The Morgan fingerprint density at radius 2 is 2.14 bits per heavy atom. The van der Waals surface area contributed by atoms with Gasteiger partial charge in [-0.2, -0.15) is 0 Å². The Morgan fingerprint density at radius 1 is 1.36 bits per heavy atom. The van der Waals surface area contributed by atoms with Crippen molar-refractivity contribution < 1.29 is 9.90 Å². The number of hydrogen-bond donors (Lipinski definition) is 1. The molecular weight excluding hydrogens is 396 g/mol. The van der Waals surface area contributed by atoms with E-state index in [0.717, 1.165) is 21.1 Å². The standard InChI is InChI=1S/C20H19ClN4O2S/c1-4-10-25(20(26)27)14-7-5-6-13(11-14)16-17(28-18(24-16)12(2)3)15-8-9-22-19(21)23-15/h4-9,11-12H,1,10H2,2-3H3,(H,26,27). The van der Waals surface area contributed by atoms with Crippen molar-refractivity contribution in [2.24, 2.45) is 0 Å². The number of amides is 1. The number of rotatable bonds is 6. The van der Waals surface area contributed by atoms with E-state index in [1.807, 2.05) is 18.2 Å². The van der Waals surface area contributed by atoms with Crippen LogP contribution in [0.3, 0.4) is 0 Å². The lowest BCUT2D eigenvalue weighted by Gasteiger charge is -2.18. The van der Waals surface area contributed by atoms with Gasteiger partial charge in [-0.05, 0) is 29.8 Å². The minimum atomic E-state index is -1.04. The Hall–Kier alpha value is -2.77. The van der Waals surface area contributed by atoms with E-state index in [1.54, 1.807) is 35.7 Å². The van der Waals surface area contributed by atoms with Crippen LogP contribution in [-0.4, -0.2) is 32.7 Å². The molecule has 1 amide bonds. The van der Waals surface area contributed by atoms with Gasteiger partial charge >= 0.3 is 6.09 Å². The van der Waals surface area contributed by atoms with Gasteiger partial charge in [0.15, 0.2) is 0 Å². The molecule has 0 fully saturated rings. The van der Waals surface area contributed by atoms with Crippen molar-refractivity contribution in [2.45, 2.75) is 19.8 Å². The highest BCUT2D eigenvalue weighted by molar-refractivity contribution is 7.15. The molecule has 0 saturated carbocycles. The number of thiazole rings is 1. The summed E-state index contributed by atoms with van der Waals surface area (Å²) in [6.45, 7) is 7.98. The molecular formula is C20H19ClN4O2S. The van der Waals surface area contributed by atoms with Crippen LogP contribution in [0, 0.1) is 0 Å². The van der Waals surface area contributed by atoms with E-state index >= 15 is 0 Å². The molecule has 0 aliphatic carbocycles. The maximum absolute atomic E-state index is 11.6. The minimum absolute atomic E-state index is 0.166. The lowest BCUT2D eigenvalue weighted by atomic mass is 10.1. The molecule has 2 aromatic heterocycles. The number of carbonyl (C=O) groups is 1. The molecule has 3 rings (SSSR count). The van der Waals surface area contributed by atoms with Crippen LogP contribution < -0.4 is 4.90 Å². The normalized spacial score (nSPS) is 10.9. The fourth-order valence-corrected chi connectivity index (χ4v) is 3.87. The van der Waals surface area contributed by atoms with Crippen LogP contribution in [0.25, 0.3) is 21.8 Å². The van der Waals surface area contributed by atoms with Gasteiger partial charge in [-0.1, -0.05) is 32.1 Å². The van der Waals surface area contributed by atoms with Crippen molar-refractivity contribution in [2.75, 3.05) is 11.4 Å². The Balaban J connectivity index is 2.14. The summed E-state index contributed by atoms with van der Waals surface area (Å²) in [5.41, 5.74) is 2.79. The molecule has 3 aromatic rings. The first-order valence-electron chi connectivity index (χ1n) is 8.62. The highest BCUT2D eigenvalue weighted by Crippen LogP contribution is 2.39. The van der Waals surface area contributed by atoms with Crippen LogP contribution in [0.2, 0.25) is 5.28 Å². The Labute approximate surface area is 172 Å². The quantitative estimate of drug-likeness (QED) is 0.412. The molecule has 0 spiro atoms. The van der Waals surface area contributed by atoms with Crippen molar-refractivity contribution >= 4 is 34.7 Å².